The number of carbonyl (C=O) groups excluding carboxylic acids is 1. The molecule has 4 rings (SSSR count). The van der Waals surface area contributed by atoms with E-state index in [2.05, 4.69) is 10.3 Å². The molecule has 1 unspecified atom stereocenters. The third-order valence-electron chi connectivity index (χ3n) is 6.80. The van der Waals surface area contributed by atoms with E-state index in [4.69, 9.17) is 5.73 Å². The van der Waals surface area contributed by atoms with Gasteiger partial charge in [0.15, 0.2) is 0 Å². The molecule has 3 N–H and O–H groups in total. The van der Waals surface area contributed by atoms with Crippen molar-refractivity contribution in [2.45, 2.75) is 63.1 Å². The predicted octanol–water partition coefficient (Wildman–Crippen LogP) is 5.14. The third-order valence-corrected chi connectivity index (χ3v) is 6.80. The molecule has 1 aromatic heterocycles. The molecule has 8 heteroatoms. The first-order chi connectivity index (χ1) is 15.8. The Morgan fingerprint density at radius 1 is 1.09 bits per heavy atom. The summed E-state index contributed by atoms with van der Waals surface area (Å²) in [5, 5.41) is 3.09. The second-order valence-corrected chi connectivity index (χ2v) is 9.24. The van der Waals surface area contributed by atoms with Crippen LogP contribution in [0.1, 0.15) is 66.8 Å². The number of amides is 1. The van der Waals surface area contributed by atoms with E-state index in [0.29, 0.717) is 18.7 Å². The van der Waals surface area contributed by atoms with Gasteiger partial charge in [-0.25, -0.2) is 4.98 Å². The summed E-state index contributed by atoms with van der Waals surface area (Å²) in [7, 11) is 0. The Morgan fingerprint density at radius 3 is 2.52 bits per heavy atom. The summed E-state index contributed by atoms with van der Waals surface area (Å²) in [5.74, 6) is 0.262. The van der Waals surface area contributed by atoms with Crippen LogP contribution in [0.4, 0.5) is 19.0 Å². The van der Waals surface area contributed by atoms with Crippen LogP contribution in [-0.4, -0.2) is 47.6 Å². The number of nitrogen functional groups attached to an aromatic ring is 1. The molecule has 2 aliphatic rings. The van der Waals surface area contributed by atoms with Gasteiger partial charge in [-0.2, -0.15) is 13.2 Å². The summed E-state index contributed by atoms with van der Waals surface area (Å²) >= 11 is 0. The van der Waals surface area contributed by atoms with Crippen molar-refractivity contribution in [2.24, 2.45) is 0 Å². The van der Waals surface area contributed by atoms with E-state index < -0.39 is 12.6 Å². The van der Waals surface area contributed by atoms with Crippen molar-refractivity contribution in [1.29, 1.82) is 0 Å². The van der Waals surface area contributed by atoms with Gasteiger partial charge in [0.25, 0.3) is 5.91 Å². The van der Waals surface area contributed by atoms with Crippen molar-refractivity contribution in [3.8, 4) is 11.1 Å². The number of hydrogen-bond acceptors (Lipinski definition) is 4. The summed E-state index contributed by atoms with van der Waals surface area (Å²) in [6, 6.07) is 9.96. The first-order valence-electron chi connectivity index (χ1n) is 11.7. The highest BCUT2D eigenvalue weighted by Gasteiger charge is 2.30. The van der Waals surface area contributed by atoms with E-state index in [1.807, 2.05) is 29.2 Å². The average molecular weight is 461 g/mol. The number of pyridine rings is 1. The molecule has 1 saturated heterocycles. The average Bonchev–Trinajstić information content (AvgIpc) is 3.28. The molecule has 33 heavy (non-hydrogen) atoms. The highest BCUT2D eigenvalue weighted by Crippen LogP contribution is 2.31. The fourth-order valence-corrected chi connectivity index (χ4v) is 4.87. The molecular weight excluding hydrogens is 429 g/mol. The van der Waals surface area contributed by atoms with Gasteiger partial charge in [-0.3, -0.25) is 4.79 Å². The van der Waals surface area contributed by atoms with E-state index in [1.165, 1.54) is 6.42 Å². The number of halogens is 3. The van der Waals surface area contributed by atoms with Crippen LogP contribution in [0.15, 0.2) is 36.5 Å². The van der Waals surface area contributed by atoms with Gasteiger partial charge in [0.05, 0.1) is 12.0 Å². The van der Waals surface area contributed by atoms with Gasteiger partial charge < -0.3 is 16.0 Å². The van der Waals surface area contributed by atoms with Gasteiger partial charge in [-0.1, -0.05) is 43.5 Å². The molecule has 2 fully saturated rings. The Kier molecular flexibility index (Phi) is 7.22. The second-order valence-electron chi connectivity index (χ2n) is 9.24. The van der Waals surface area contributed by atoms with E-state index in [0.717, 1.165) is 48.8 Å². The maximum absolute atomic E-state index is 12.8. The van der Waals surface area contributed by atoms with Gasteiger partial charge in [-0.05, 0) is 48.9 Å². The van der Waals surface area contributed by atoms with Crippen molar-refractivity contribution in [1.82, 2.24) is 15.2 Å². The lowest BCUT2D eigenvalue weighted by Gasteiger charge is -2.23. The standard InChI is InChI=1S/C25H31F3N4O/c26-25(27,28)11-13-32-12-10-19(16-32)17-6-8-18(9-7-17)20-14-22(23(29)30-15-20)24(33)31-21-4-2-1-3-5-21/h6-9,14-15,19,21H,1-5,10-13,16H2,(H2,29,30)(H,31,33). The zero-order chi connectivity index (χ0) is 23.4. The topological polar surface area (TPSA) is 71.2 Å². The zero-order valence-corrected chi connectivity index (χ0v) is 18.7. The van der Waals surface area contributed by atoms with Crippen LogP contribution in [0.3, 0.4) is 0 Å². The number of alkyl halides is 3. The van der Waals surface area contributed by atoms with Crippen LogP contribution in [0.5, 0.6) is 0 Å². The van der Waals surface area contributed by atoms with Gasteiger partial charge in [-0.15, -0.1) is 0 Å². The van der Waals surface area contributed by atoms with Crippen LogP contribution >= 0.6 is 0 Å². The lowest BCUT2D eigenvalue weighted by molar-refractivity contribution is -0.137. The lowest BCUT2D eigenvalue weighted by Crippen LogP contribution is -2.36. The molecule has 0 spiro atoms. The largest absolute Gasteiger partial charge is 0.390 e. The number of nitrogens with two attached hydrogens (primary N) is 1. The summed E-state index contributed by atoms with van der Waals surface area (Å²) in [4.78, 5) is 18.9. The minimum absolute atomic E-state index is 0.0564. The zero-order valence-electron chi connectivity index (χ0n) is 18.7. The SMILES string of the molecule is Nc1ncc(-c2ccc(C3CCN(CCC(F)(F)F)C3)cc2)cc1C(=O)NC1CCCCC1. The Hall–Kier alpha value is -2.61. The number of anilines is 1. The van der Waals surface area contributed by atoms with Crippen molar-refractivity contribution >= 4 is 11.7 Å². The van der Waals surface area contributed by atoms with Crippen LogP contribution < -0.4 is 11.1 Å². The molecule has 0 bridgehead atoms. The summed E-state index contributed by atoms with van der Waals surface area (Å²) < 4.78 is 37.5. The van der Waals surface area contributed by atoms with E-state index in [1.54, 1.807) is 12.3 Å². The monoisotopic (exact) mass is 460 g/mol. The molecule has 2 aromatic rings. The minimum atomic E-state index is -4.11. The smallest absolute Gasteiger partial charge is 0.383 e. The van der Waals surface area contributed by atoms with E-state index in [-0.39, 0.29) is 30.2 Å². The highest BCUT2D eigenvalue weighted by atomic mass is 19.4. The van der Waals surface area contributed by atoms with Gasteiger partial charge in [0.2, 0.25) is 0 Å². The van der Waals surface area contributed by atoms with E-state index in [9.17, 15) is 18.0 Å². The third kappa shape index (κ3) is 6.25. The fourth-order valence-electron chi connectivity index (χ4n) is 4.87. The highest BCUT2D eigenvalue weighted by molar-refractivity contribution is 5.99. The Labute approximate surface area is 192 Å². The number of nitrogens with zero attached hydrogens (tertiary/aromatic N) is 2. The number of benzene rings is 1. The molecular formula is C25H31F3N4O. The number of aromatic nitrogens is 1. The van der Waals surface area contributed by atoms with Crippen molar-refractivity contribution < 1.29 is 18.0 Å². The normalized spacial score (nSPS) is 20.2. The molecule has 2 heterocycles. The number of hydrogen-bond donors (Lipinski definition) is 2. The fraction of sp³-hybridized carbons (Fsp3) is 0.520. The van der Waals surface area contributed by atoms with Crippen LogP contribution in [0.2, 0.25) is 0 Å². The molecule has 0 radical (unpaired) electrons. The van der Waals surface area contributed by atoms with Gasteiger partial charge in [0.1, 0.15) is 5.82 Å². The molecule has 1 saturated carbocycles. The quantitative estimate of drug-likeness (QED) is 0.627. The van der Waals surface area contributed by atoms with E-state index >= 15 is 0 Å². The van der Waals surface area contributed by atoms with Gasteiger partial charge in [0, 0.05) is 30.9 Å². The van der Waals surface area contributed by atoms with Crippen LogP contribution in [0, 0.1) is 0 Å². The number of nitrogens with one attached hydrogen (secondary N) is 1. The number of likely N-dealkylation sites (tertiary alicyclic amines) is 1. The van der Waals surface area contributed by atoms with Crippen molar-refractivity contribution in [2.75, 3.05) is 25.4 Å². The molecule has 178 valence electrons. The molecule has 1 aliphatic heterocycles. The molecule has 1 amide bonds. The van der Waals surface area contributed by atoms with Crippen LogP contribution in [0.25, 0.3) is 11.1 Å². The van der Waals surface area contributed by atoms with Crippen molar-refractivity contribution in [3.63, 3.8) is 0 Å². The summed E-state index contributed by atoms with van der Waals surface area (Å²) in [5.41, 5.74) is 9.23. The molecule has 5 nitrogen and oxygen atoms in total. The molecule has 1 aliphatic carbocycles. The Balaban J connectivity index is 1.40. The predicted molar refractivity (Wildman–Crippen MR) is 123 cm³/mol. The Bertz CT molecular complexity index is 955. The number of carbonyl (C=O) groups is 1. The van der Waals surface area contributed by atoms with Gasteiger partial charge >= 0.3 is 6.18 Å². The van der Waals surface area contributed by atoms with Crippen molar-refractivity contribution in [3.05, 3.63) is 47.7 Å². The first kappa shape index (κ1) is 23.5. The maximum atomic E-state index is 12.8. The molecule has 1 aromatic carbocycles. The second kappa shape index (κ2) is 10.1. The summed E-state index contributed by atoms with van der Waals surface area (Å²) in [6.07, 6.45) is 3.11. The minimum Gasteiger partial charge on any atom is -0.383 e. The molecule has 1 atom stereocenters. The summed E-state index contributed by atoms with van der Waals surface area (Å²) in [6.45, 7) is 1.38. The number of rotatable bonds is 6. The Morgan fingerprint density at radius 2 is 1.82 bits per heavy atom. The first-order valence-corrected chi connectivity index (χ1v) is 11.7. The maximum Gasteiger partial charge on any atom is 0.390 e. The lowest BCUT2D eigenvalue weighted by atomic mass is 9.95. The van der Waals surface area contributed by atoms with Crippen LogP contribution in [-0.2, 0) is 0 Å².